The van der Waals surface area contributed by atoms with Crippen LogP contribution in [-0.4, -0.2) is 3.21 Å². The summed E-state index contributed by atoms with van der Waals surface area (Å²) < 4.78 is 4.86. The number of hydrogen-bond donors (Lipinski definition) is 0. The molecule has 0 N–H and O–H groups in total. The van der Waals surface area contributed by atoms with Crippen LogP contribution in [0.4, 0.5) is 0 Å². The van der Waals surface area contributed by atoms with Crippen molar-refractivity contribution in [2.45, 2.75) is 65.2 Å². The topological polar surface area (TPSA) is 0 Å². The van der Waals surface area contributed by atoms with Gasteiger partial charge in [0.2, 0.25) is 0 Å². The monoisotopic (exact) mass is 682 g/mol. The molecule has 0 nitrogen and oxygen atoms in total. The molecule has 2 aliphatic rings. The van der Waals surface area contributed by atoms with Crippen molar-refractivity contribution in [3.05, 3.63) is 157 Å². The minimum atomic E-state index is -2.90. The second-order valence-electron chi connectivity index (χ2n) is 14.7. The molecule has 0 aliphatic heterocycles. The average Bonchev–Trinajstić information content (AvgIpc) is 3.67. The summed E-state index contributed by atoms with van der Waals surface area (Å²) in [5, 5.41) is 3.40. The molecule has 0 unspecified atom stereocenters. The molecule has 0 radical (unpaired) electrons. The summed E-state index contributed by atoms with van der Waals surface area (Å²) in [4.78, 5) is 0. The summed E-state index contributed by atoms with van der Waals surface area (Å²) in [5.41, 5.74) is 11.6. The predicted octanol–water partition coefficient (Wildman–Crippen LogP) is 11.0. The maximum absolute atomic E-state index is 6.52. The van der Waals surface area contributed by atoms with Gasteiger partial charge in [0, 0.05) is 0 Å². The number of fused-ring (bicyclic) bond motifs is 4. The number of allylic oxidation sites excluding steroid dienone is 4. The van der Waals surface area contributed by atoms with E-state index >= 15 is 0 Å². The van der Waals surface area contributed by atoms with Crippen LogP contribution in [0.5, 0.6) is 0 Å². The van der Waals surface area contributed by atoms with E-state index in [1.807, 2.05) is 0 Å². The van der Waals surface area contributed by atoms with Crippen molar-refractivity contribution < 1.29 is 21.3 Å². The van der Waals surface area contributed by atoms with Gasteiger partial charge >= 0.3 is 283 Å². The van der Waals surface area contributed by atoms with Crippen molar-refractivity contribution in [3.63, 3.8) is 0 Å². The first-order chi connectivity index (χ1) is 21.5. The van der Waals surface area contributed by atoms with Crippen LogP contribution in [0.25, 0.3) is 21.9 Å². The second-order valence-corrected chi connectivity index (χ2v) is 21.0. The van der Waals surface area contributed by atoms with E-state index < -0.39 is 21.3 Å². The van der Waals surface area contributed by atoms with E-state index in [0.717, 1.165) is 17.9 Å². The Bertz CT molecular complexity index is 2050. The zero-order valence-electron chi connectivity index (χ0n) is 27.3. The van der Waals surface area contributed by atoms with E-state index in [9.17, 15) is 0 Å². The van der Waals surface area contributed by atoms with Crippen molar-refractivity contribution in [2.75, 3.05) is 0 Å². The van der Waals surface area contributed by atoms with Crippen LogP contribution in [0.15, 0.2) is 119 Å². The van der Waals surface area contributed by atoms with E-state index in [-0.39, 0.29) is 10.8 Å². The molecule has 7 rings (SSSR count). The number of halogens is 1. The third kappa shape index (κ3) is 5.62. The number of rotatable bonds is 4. The van der Waals surface area contributed by atoms with Gasteiger partial charge in [0.25, 0.3) is 0 Å². The van der Waals surface area contributed by atoms with Gasteiger partial charge in [-0.1, -0.05) is 0 Å². The molecule has 0 atom stereocenters. The zero-order chi connectivity index (χ0) is 31.5. The van der Waals surface area contributed by atoms with Crippen molar-refractivity contribution >= 4 is 28.9 Å². The SMILES string of the molecule is CC(C)(C)c1ccc2c(c1)Cc1c-2ccc(C(C)(C)C)[c]1/[Zr]([C]1=CC=CC1)=[C](\c1ccc(Cl)cc1)c1cccc2ccccc12. The zero-order valence-corrected chi connectivity index (χ0v) is 30.5. The molecule has 5 aromatic rings. The van der Waals surface area contributed by atoms with Gasteiger partial charge in [0.15, 0.2) is 0 Å². The van der Waals surface area contributed by atoms with Crippen molar-refractivity contribution in [1.29, 1.82) is 0 Å². The third-order valence-electron chi connectivity index (χ3n) is 9.53. The van der Waals surface area contributed by atoms with Crippen molar-refractivity contribution in [3.8, 4) is 11.1 Å². The Morgan fingerprint density at radius 2 is 1.47 bits per heavy atom. The Kier molecular flexibility index (Phi) is 7.87. The van der Waals surface area contributed by atoms with E-state index in [0.29, 0.717) is 0 Å². The second kappa shape index (κ2) is 11.6. The van der Waals surface area contributed by atoms with Gasteiger partial charge in [0.05, 0.1) is 0 Å². The van der Waals surface area contributed by atoms with Gasteiger partial charge in [-0.2, -0.15) is 0 Å². The van der Waals surface area contributed by atoms with Crippen LogP contribution in [0.2, 0.25) is 5.02 Å². The molecule has 0 heterocycles. The summed E-state index contributed by atoms with van der Waals surface area (Å²) in [5.74, 6) is 0. The maximum atomic E-state index is 6.52. The van der Waals surface area contributed by atoms with Crippen molar-refractivity contribution in [1.82, 2.24) is 0 Å². The molecule has 5 aromatic carbocycles. The Morgan fingerprint density at radius 1 is 0.733 bits per heavy atom. The van der Waals surface area contributed by atoms with E-state index in [4.69, 9.17) is 11.6 Å². The van der Waals surface area contributed by atoms with Gasteiger partial charge in [-0.3, -0.25) is 0 Å². The summed E-state index contributed by atoms with van der Waals surface area (Å²) in [6.45, 7) is 14.2. The van der Waals surface area contributed by atoms with Gasteiger partial charge < -0.3 is 0 Å². The third-order valence-corrected chi connectivity index (χ3v) is 17.5. The minimum absolute atomic E-state index is 0.0119. The summed E-state index contributed by atoms with van der Waals surface area (Å²) in [6, 6.07) is 36.6. The summed E-state index contributed by atoms with van der Waals surface area (Å²) in [7, 11) is 0. The summed E-state index contributed by atoms with van der Waals surface area (Å²) >= 11 is 3.63. The fourth-order valence-corrected chi connectivity index (χ4v) is 16.4. The van der Waals surface area contributed by atoms with Gasteiger partial charge in [-0.05, 0) is 0 Å². The molecular formula is C43H41ClZr. The molecule has 0 fully saturated rings. The van der Waals surface area contributed by atoms with Gasteiger partial charge in [-0.25, -0.2) is 0 Å². The first-order valence-corrected chi connectivity index (χ1v) is 20.2. The number of benzene rings is 5. The molecule has 45 heavy (non-hydrogen) atoms. The molecule has 0 bridgehead atoms. The molecule has 0 saturated carbocycles. The Labute approximate surface area is 281 Å². The van der Waals surface area contributed by atoms with Crippen LogP contribution < -0.4 is 3.27 Å². The Hall–Kier alpha value is -3.12. The van der Waals surface area contributed by atoms with E-state index in [1.54, 1.807) is 15.3 Å². The molecule has 0 spiro atoms. The van der Waals surface area contributed by atoms with Crippen LogP contribution in [-0.2, 0) is 38.5 Å². The van der Waals surface area contributed by atoms with Gasteiger partial charge in [0.1, 0.15) is 0 Å². The Balaban J connectivity index is 1.62. The van der Waals surface area contributed by atoms with Crippen LogP contribution in [0, 0.1) is 0 Å². The quantitative estimate of drug-likeness (QED) is 0.173. The predicted molar refractivity (Wildman–Crippen MR) is 192 cm³/mol. The number of hydrogen-bond acceptors (Lipinski definition) is 0. The first-order valence-electron chi connectivity index (χ1n) is 16.2. The fourth-order valence-electron chi connectivity index (χ4n) is 7.23. The van der Waals surface area contributed by atoms with E-state index in [1.165, 1.54) is 49.7 Å². The fraction of sp³-hybridized carbons (Fsp3) is 0.233. The molecule has 0 saturated heterocycles. The molecule has 0 aromatic heterocycles. The van der Waals surface area contributed by atoms with Crippen molar-refractivity contribution in [2.24, 2.45) is 0 Å². The standard InChI is InChI=1S/C21H25.C17H11Cl.C5H5.Zr/c1-20(2,3)16-7-9-18-14(12-16)11-15-13-17(21(4,5)6)8-10-19(15)18;18-16-10-8-13(9-11-16)12-15-6-3-5-14-4-1-2-7-17(14)15;1-2-4-5-3-1;/h7-10,12H,11H2,1-6H3;1-11H;1-3H,4H2;. The molecule has 224 valence electrons. The molecule has 2 heteroatoms. The average molecular weight is 684 g/mol. The normalized spacial score (nSPS) is 14.8. The summed E-state index contributed by atoms with van der Waals surface area (Å²) in [6.07, 6.45) is 9.15. The van der Waals surface area contributed by atoms with Crippen LogP contribution in [0.1, 0.15) is 81.3 Å². The van der Waals surface area contributed by atoms with Crippen LogP contribution in [0.3, 0.4) is 0 Å². The van der Waals surface area contributed by atoms with Crippen LogP contribution >= 0.6 is 11.6 Å². The van der Waals surface area contributed by atoms with E-state index in [2.05, 4.69) is 157 Å². The van der Waals surface area contributed by atoms with Gasteiger partial charge in [-0.15, -0.1) is 0 Å². The molecule has 2 aliphatic carbocycles. The molecular weight excluding hydrogens is 643 g/mol. The first kappa shape index (κ1) is 30.5. The Morgan fingerprint density at radius 3 is 2.18 bits per heavy atom. The molecule has 0 amide bonds.